The number of hydrogen-bond donors (Lipinski definition) is 2. The van der Waals surface area contributed by atoms with E-state index in [0.29, 0.717) is 11.7 Å². The molecule has 1 unspecified atom stereocenters. The largest absolute Gasteiger partial charge is 0.330 e. The maximum absolute atomic E-state index is 5.74. The van der Waals surface area contributed by atoms with Crippen LogP contribution >= 0.6 is 11.6 Å². The molecule has 0 fully saturated rings. The fourth-order valence-corrected chi connectivity index (χ4v) is 1.03. The van der Waals surface area contributed by atoms with Gasteiger partial charge in [0.1, 0.15) is 5.15 Å². The van der Waals surface area contributed by atoms with Gasteiger partial charge in [0.05, 0.1) is 6.20 Å². The Kier molecular flexibility index (Phi) is 2.29. The van der Waals surface area contributed by atoms with Gasteiger partial charge in [-0.3, -0.25) is 5.10 Å². The number of aromatic nitrogens is 2. The van der Waals surface area contributed by atoms with Crippen LogP contribution in [0.1, 0.15) is 18.4 Å². The predicted molar refractivity (Wildman–Crippen MR) is 41.1 cm³/mol. The standard InChI is InChI=1S/C6H10ClN3/c1-4(2-8)5-3-9-10-6(5)7/h3-4H,2,8H2,1H3,(H,9,10). The summed E-state index contributed by atoms with van der Waals surface area (Å²) in [6.07, 6.45) is 1.71. The summed E-state index contributed by atoms with van der Waals surface area (Å²) < 4.78 is 0. The van der Waals surface area contributed by atoms with E-state index in [0.717, 1.165) is 5.56 Å². The predicted octanol–water partition coefficient (Wildman–Crippen LogP) is 1.13. The minimum Gasteiger partial charge on any atom is -0.330 e. The summed E-state index contributed by atoms with van der Waals surface area (Å²) in [4.78, 5) is 0. The molecule has 3 N–H and O–H groups in total. The topological polar surface area (TPSA) is 54.7 Å². The Bertz CT molecular complexity index is 209. The first-order chi connectivity index (χ1) is 4.75. The van der Waals surface area contributed by atoms with E-state index in [1.54, 1.807) is 6.20 Å². The van der Waals surface area contributed by atoms with Crippen molar-refractivity contribution in [1.29, 1.82) is 0 Å². The van der Waals surface area contributed by atoms with Gasteiger partial charge in [-0.15, -0.1) is 0 Å². The van der Waals surface area contributed by atoms with Gasteiger partial charge in [-0.2, -0.15) is 5.10 Å². The van der Waals surface area contributed by atoms with E-state index >= 15 is 0 Å². The molecule has 0 saturated heterocycles. The van der Waals surface area contributed by atoms with Gasteiger partial charge < -0.3 is 5.73 Å². The molecule has 0 spiro atoms. The number of rotatable bonds is 2. The lowest BCUT2D eigenvalue weighted by molar-refractivity contribution is 0.775. The second-order valence-corrected chi connectivity index (χ2v) is 2.65. The van der Waals surface area contributed by atoms with Crippen LogP contribution in [-0.4, -0.2) is 16.7 Å². The summed E-state index contributed by atoms with van der Waals surface area (Å²) >= 11 is 5.74. The smallest absolute Gasteiger partial charge is 0.127 e. The van der Waals surface area contributed by atoms with Crippen LogP contribution in [0.4, 0.5) is 0 Å². The number of H-pyrrole nitrogens is 1. The molecule has 1 heterocycles. The van der Waals surface area contributed by atoms with Crippen LogP contribution in [-0.2, 0) is 0 Å². The second-order valence-electron chi connectivity index (χ2n) is 2.28. The lowest BCUT2D eigenvalue weighted by Crippen LogP contribution is -2.08. The van der Waals surface area contributed by atoms with Crippen molar-refractivity contribution in [3.63, 3.8) is 0 Å². The van der Waals surface area contributed by atoms with E-state index in [-0.39, 0.29) is 5.92 Å². The number of nitrogens with two attached hydrogens (primary N) is 1. The second kappa shape index (κ2) is 3.03. The average molecular weight is 160 g/mol. The highest BCUT2D eigenvalue weighted by atomic mass is 35.5. The summed E-state index contributed by atoms with van der Waals surface area (Å²) in [7, 11) is 0. The highest BCUT2D eigenvalue weighted by Gasteiger charge is 2.08. The molecule has 0 aromatic carbocycles. The molecule has 1 aromatic heterocycles. The zero-order valence-electron chi connectivity index (χ0n) is 5.76. The Labute approximate surface area is 64.6 Å². The van der Waals surface area contributed by atoms with Crippen molar-refractivity contribution in [3.05, 3.63) is 16.9 Å². The summed E-state index contributed by atoms with van der Waals surface area (Å²) in [5, 5.41) is 7.02. The molecule has 10 heavy (non-hydrogen) atoms. The fourth-order valence-electron chi connectivity index (χ4n) is 0.750. The molecule has 4 heteroatoms. The molecule has 0 bridgehead atoms. The van der Waals surface area contributed by atoms with Gasteiger partial charge in [-0.1, -0.05) is 18.5 Å². The highest BCUT2D eigenvalue weighted by molar-refractivity contribution is 6.30. The summed E-state index contributed by atoms with van der Waals surface area (Å²) in [5.74, 6) is 0.284. The minimum absolute atomic E-state index is 0.284. The summed E-state index contributed by atoms with van der Waals surface area (Å²) in [5.41, 5.74) is 6.42. The zero-order valence-corrected chi connectivity index (χ0v) is 6.52. The Morgan fingerprint density at radius 2 is 2.60 bits per heavy atom. The van der Waals surface area contributed by atoms with Crippen molar-refractivity contribution in [1.82, 2.24) is 10.2 Å². The lowest BCUT2D eigenvalue weighted by Gasteiger charge is -2.03. The number of nitrogens with one attached hydrogen (secondary N) is 1. The third-order valence-corrected chi connectivity index (χ3v) is 1.81. The summed E-state index contributed by atoms with van der Waals surface area (Å²) in [6, 6.07) is 0. The number of aromatic amines is 1. The molecule has 3 nitrogen and oxygen atoms in total. The molecule has 0 saturated carbocycles. The molecule has 56 valence electrons. The molecular formula is C6H10ClN3. The third kappa shape index (κ3) is 1.30. The van der Waals surface area contributed by atoms with E-state index in [1.807, 2.05) is 6.92 Å². The molecule has 0 amide bonds. The van der Waals surface area contributed by atoms with Gasteiger partial charge in [-0.25, -0.2) is 0 Å². The Hall–Kier alpha value is -0.540. The van der Waals surface area contributed by atoms with Crippen LogP contribution in [0.15, 0.2) is 6.20 Å². The first-order valence-corrected chi connectivity index (χ1v) is 3.52. The quantitative estimate of drug-likeness (QED) is 0.680. The minimum atomic E-state index is 0.284. The monoisotopic (exact) mass is 159 g/mol. The molecule has 0 radical (unpaired) electrons. The van der Waals surface area contributed by atoms with Gasteiger partial charge in [0.15, 0.2) is 0 Å². The van der Waals surface area contributed by atoms with Crippen LogP contribution < -0.4 is 5.73 Å². The molecular weight excluding hydrogens is 150 g/mol. The van der Waals surface area contributed by atoms with E-state index in [1.165, 1.54) is 0 Å². The van der Waals surface area contributed by atoms with Gasteiger partial charge in [0.2, 0.25) is 0 Å². The van der Waals surface area contributed by atoms with Crippen molar-refractivity contribution in [3.8, 4) is 0 Å². The molecule has 0 aliphatic carbocycles. The third-order valence-electron chi connectivity index (χ3n) is 1.50. The van der Waals surface area contributed by atoms with Crippen LogP contribution in [0.2, 0.25) is 5.15 Å². The van der Waals surface area contributed by atoms with E-state index < -0.39 is 0 Å². The molecule has 1 rings (SSSR count). The molecule has 1 aromatic rings. The maximum atomic E-state index is 5.74. The number of halogens is 1. The van der Waals surface area contributed by atoms with Crippen molar-refractivity contribution < 1.29 is 0 Å². The van der Waals surface area contributed by atoms with Gasteiger partial charge in [-0.05, 0) is 12.5 Å². The normalized spacial score (nSPS) is 13.5. The van der Waals surface area contributed by atoms with Gasteiger partial charge >= 0.3 is 0 Å². The zero-order chi connectivity index (χ0) is 7.56. The summed E-state index contributed by atoms with van der Waals surface area (Å²) in [6.45, 7) is 2.61. The van der Waals surface area contributed by atoms with Crippen LogP contribution in [0.3, 0.4) is 0 Å². The van der Waals surface area contributed by atoms with Crippen molar-refractivity contribution in [2.24, 2.45) is 5.73 Å². The van der Waals surface area contributed by atoms with Crippen LogP contribution in [0.5, 0.6) is 0 Å². The Balaban J connectivity index is 2.82. The fraction of sp³-hybridized carbons (Fsp3) is 0.500. The molecule has 0 aliphatic heterocycles. The Morgan fingerprint density at radius 1 is 1.90 bits per heavy atom. The lowest BCUT2D eigenvalue weighted by atomic mass is 10.1. The Morgan fingerprint density at radius 3 is 3.00 bits per heavy atom. The first-order valence-electron chi connectivity index (χ1n) is 3.14. The van der Waals surface area contributed by atoms with Crippen molar-refractivity contribution in [2.45, 2.75) is 12.8 Å². The first kappa shape index (κ1) is 7.57. The van der Waals surface area contributed by atoms with Crippen molar-refractivity contribution >= 4 is 11.6 Å². The van der Waals surface area contributed by atoms with Crippen molar-refractivity contribution in [2.75, 3.05) is 6.54 Å². The highest BCUT2D eigenvalue weighted by Crippen LogP contribution is 2.19. The SMILES string of the molecule is CC(CN)c1cn[nH]c1Cl. The average Bonchev–Trinajstić information content (AvgIpc) is 2.34. The van der Waals surface area contributed by atoms with E-state index in [4.69, 9.17) is 17.3 Å². The van der Waals surface area contributed by atoms with Gasteiger partial charge in [0, 0.05) is 5.56 Å². The molecule has 0 aliphatic rings. The maximum Gasteiger partial charge on any atom is 0.127 e. The van der Waals surface area contributed by atoms with Crippen LogP contribution in [0.25, 0.3) is 0 Å². The van der Waals surface area contributed by atoms with E-state index in [9.17, 15) is 0 Å². The molecule has 1 atom stereocenters. The number of nitrogens with zero attached hydrogens (tertiary/aromatic N) is 1. The van der Waals surface area contributed by atoms with E-state index in [2.05, 4.69) is 10.2 Å². The van der Waals surface area contributed by atoms with Crippen LogP contribution in [0, 0.1) is 0 Å². The van der Waals surface area contributed by atoms with Gasteiger partial charge in [0.25, 0.3) is 0 Å². The number of hydrogen-bond acceptors (Lipinski definition) is 2.